The van der Waals surface area contributed by atoms with Crippen LogP contribution in [0.15, 0.2) is 24.3 Å². The Labute approximate surface area is 109 Å². The van der Waals surface area contributed by atoms with Crippen molar-refractivity contribution >= 4 is 17.2 Å². The number of nitrogens with one attached hydrogen (secondary N) is 1. The molecule has 0 aliphatic carbocycles. The molecule has 92 valence electrons. The number of rotatable bonds is 3. The summed E-state index contributed by atoms with van der Waals surface area (Å²) in [5.41, 5.74) is 4.23. The molecular formula is C15H20ClN. The van der Waals surface area contributed by atoms with E-state index in [0.717, 1.165) is 31.0 Å². The van der Waals surface area contributed by atoms with Gasteiger partial charge in [-0.15, -0.1) is 0 Å². The quantitative estimate of drug-likeness (QED) is 0.856. The van der Waals surface area contributed by atoms with Crippen molar-refractivity contribution in [2.75, 3.05) is 13.1 Å². The first-order valence-electron chi connectivity index (χ1n) is 6.35. The van der Waals surface area contributed by atoms with Crippen molar-refractivity contribution in [1.82, 2.24) is 5.32 Å². The standard InChI is InChI=1S/C15H20ClN/c1-11(2)9-13-3-4-14(16)10-15(13)12-5-7-17-8-6-12/h3-5,10-11,17H,6-9H2,1-2H3. The zero-order valence-electron chi connectivity index (χ0n) is 10.6. The van der Waals surface area contributed by atoms with Gasteiger partial charge in [0.25, 0.3) is 0 Å². The van der Waals surface area contributed by atoms with E-state index in [1.807, 2.05) is 6.07 Å². The highest BCUT2D eigenvalue weighted by atomic mass is 35.5. The molecule has 0 spiro atoms. The molecule has 1 aromatic carbocycles. The number of hydrogen-bond donors (Lipinski definition) is 1. The molecule has 0 bridgehead atoms. The van der Waals surface area contributed by atoms with E-state index in [2.05, 4.69) is 37.4 Å². The lowest BCUT2D eigenvalue weighted by Gasteiger charge is -2.18. The third-order valence-corrected chi connectivity index (χ3v) is 3.35. The summed E-state index contributed by atoms with van der Waals surface area (Å²) in [5.74, 6) is 0.678. The van der Waals surface area contributed by atoms with Crippen LogP contribution in [-0.4, -0.2) is 13.1 Å². The summed E-state index contributed by atoms with van der Waals surface area (Å²) in [6.45, 7) is 6.56. The Hall–Kier alpha value is -0.790. The van der Waals surface area contributed by atoms with E-state index in [1.165, 1.54) is 16.7 Å². The first kappa shape index (κ1) is 12.7. The van der Waals surface area contributed by atoms with Gasteiger partial charge >= 0.3 is 0 Å². The van der Waals surface area contributed by atoms with Crippen LogP contribution in [0.2, 0.25) is 5.02 Å². The molecule has 0 aromatic heterocycles. The fraction of sp³-hybridized carbons (Fsp3) is 0.467. The molecule has 0 atom stereocenters. The minimum Gasteiger partial charge on any atom is -0.313 e. The molecular weight excluding hydrogens is 230 g/mol. The van der Waals surface area contributed by atoms with Crippen LogP contribution in [0.3, 0.4) is 0 Å². The molecule has 0 saturated heterocycles. The summed E-state index contributed by atoms with van der Waals surface area (Å²) >= 11 is 6.13. The van der Waals surface area contributed by atoms with Gasteiger partial charge in [-0.3, -0.25) is 0 Å². The highest BCUT2D eigenvalue weighted by Gasteiger charge is 2.11. The largest absolute Gasteiger partial charge is 0.313 e. The second-order valence-electron chi connectivity index (χ2n) is 5.08. The Bertz CT molecular complexity index is 421. The van der Waals surface area contributed by atoms with Crippen LogP contribution in [0.5, 0.6) is 0 Å². The van der Waals surface area contributed by atoms with Crippen LogP contribution in [0.4, 0.5) is 0 Å². The van der Waals surface area contributed by atoms with Crippen molar-refractivity contribution in [2.24, 2.45) is 5.92 Å². The monoisotopic (exact) mass is 249 g/mol. The molecule has 0 amide bonds. The molecule has 1 aliphatic heterocycles. The van der Waals surface area contributed by atoms with Crippen LogP contribution in [-0.2, 0) is 6.42 Å². The highest BCUT2D eigenvalue weighted by Crippen LogP contribution is 2.28. The lowest BCUT2D eigenvalue weighted by Crippen LogP contribution is -2.20. The SMILES string of the molecule is CC(C)Cc1ccc(Cl)cc1C1=CCNCC1. The van der Waals surface area contributed by atoms with Crippen molar-refractivity contribution in [1.29, 1.82) is 0 Å². The van der Waals surface area contributed by atoms with Crippen LogP contribution in [0.1, 0.15) is 31.4 Å². The topological polar surface area (TPSA) is 12.0 Å². The summed E-state index contributed by atoms with van der Waals surface area (Å²) < 4.78 is 0. The maximum Gasteiger partial charge on any atom is 0.0412 e. The average Bonchev–Trinajstić information content (AvgIpc) is 2.32. The minimum absolute atomic E-state index is 0.678. The Morgan fingerprint density at radius 2 is 2.18 bits per heavy atom. The van der Waals surface area contributed by atoms with Crippen molar-refractivity contribution < 1.29 is 0 Å². The van der Waals surface area contributed by atoms with Crippen molar-refractivity contribution in [3.8, 4) is 0 Å². The van der Waals surface area contributed by atoms with Gasteiger partial charge in [0.05, 0.1) is 0 Å². The minimum atomic E-state index is 0.678. The third-order valence-electron chi connectivity index (χ3n) is 3.11. The van der Waals surface area contributed by atoms with Gasteiger partial charge < -0.3 is 5.32 Å². The van der Waals surface area contributed by atoms with Gasteiger partial charge in [-0.1, -0.05) is 37.6 Å². The predicted octanol–water partition coefficient (Wildman–Crippen LogP) is 3.92. The Balaban J connectivity index is 2.35. The summed E-state index contributed by atoms with van der Waals surface area (Å²) in [6.07, 6.45) is 4.52. The fourth-order valence-corrected chi connectivity index (χ4v) is 2.50. The number of halogens is 1. The maximum absolute atomic E-state index is 6.13. The van der Waals surface area contributed by atoms with E-state index in [0.29, 0.717) is 5.92 Å². The molecule has 17 heavy (non-hydrogen) atoms. The summed E-state index contributed by atoms with van der Waals surface area (Å²) in [4.78, 5) is 0. The smallest absolute Gasteiger partial charge is 0.0412 e. The molecule has 1 heterocycles. The molecule has 0 fully saturated rings. The lowest BCUT2D eigenvalue weighted by molar-refractivity contribution is 0.645. The summed E-state index contributed by atoms with van der Waals surface area (Å²) in [5, 5.41) is 4.19. The zero-order valence-corrected chi connectivity index (χ0v) is 11.3. The number of hydrogen-bond acceptors (Lipinski definition) is 1. The molecule has 1 aromatic rings. The second kappa shape index (κ2) is 5.70. The van der Waals surface area contributed by atoms with Gasteiger partial charge in [0.1, 0.15) is 0 Å². The zero-order chi connectivity index (χ0) is 12.3. The molecule has 1 nitrogen and oxygen atoms in total. The van der Waals surface area contributed by atoms with Gasteiger partial charge in [-0.05, 0) is 54.1 Å². The van der Waals surface area contributed by atoms with Crippen LogP contribution in [0, 0.1) is 5.92 Å². The van der Waals surface area contributed by atoms with E-state index in [-0.39, 0.29) is 0 Å². The molecule has 2 heteroatoms. The third kappa shape index (κ3) is 3.34. The van der Waals surface area contributed by atoms with Crippen molar-refractivity contribution in [2.45, 2.75) is 26.7 Å². The van der Waals surface area contributed by atoms with Gasteiger partial charge in [0, 0.05) is 11.6 Å². The van der Waals surface area contributed by atoms with Gasteiger partial charge in [0.15, 0.2) is 0 Å². The molecule has 1 N–H and O–H groups in total. The number of benzene rings is 1. The fourth-order valence-electron chi connectivity index (χ4n) is 2.33. The van der Waals surface area contributed by atoms with E-state index < -0.39 is 0 Å². The Kier molecular flexibility index (Phi) is 4.25. The van der Waals surface area contributed by atoms with Crippen LogP contribution < -0.4 is 5.32 Å². The molecule has 0 unspecified atom stereocenters. The molecule has 0 radical (unpaired) electrons. The normalized spacial score (nSPS) is 16.1. The molecule has 0 saturated carbocycles. The Morgan fingerprint density at radius 1 is 1.35 bits per heavy atom. The highest BCUT2D eigenvalue weighted by molar-refractivity contribution is 6.30. The summed E-state index contributed by atoms with van der Waals surface area (Å²) in [7, 11) is 0. The van der Waals surface area contributed by atoms with Crippen LogP contribution in [0.25, 0.3) is 5.57 Å². The second-order valence-corrected chi connectivity index (χ2v) is 5.52. The molecule has 2 rings (SSSR count). The maximum atomic E-state index is 6.13. The lowest BCUT2D eigenvalue weighted by atomic mass is 9.91. The average molecular weight is 250 g/mol. The predicted molar refractivity (Wildman–Crippen MR) is 75.5 cm³/mol. The Morgan fingerprint density at radius 3 is 2.82 bits per heavy atom. The first-order chi connectivity index (χ1) is 8.16. The first-order valence-corrected chi connectivity index (χ1v) is 6.73. The van der Waals surface area contributed by atoms with E-state index in [4.69, 9.17) is 11.6 Å². The van der Waals surface area contributed by atoms with Crippen molar-refractivity contribution in [3.63, 3.8) is 0 Å². The van der Waals surface area contributed by atoms with Gasteiger partial charge in [0.2, 0.25) is 0 Å². The summed E-state index contributed by atoms with van der Waals surface area (Å²) in [6, 6.07) is 6.31. The van der Waals surface area contributed by atoms with E-state index >= 15 is 0 Å². The van der Waals surface area contributed by atoms with E-state index in [1.54, 1.807) is 0 Å². The van der Waals surface area contributed by atoms with Crippen LogP contribution >= 0.6 is 11.6 Å². The van der Waals surface area contributed by atoms with E-state index in [9.17, 15) is 0 Å². The van der Waals surface area contributed by atoms with Gasteiger partial charge in [-0.25, -0.2) is 0 Å². The van der Waals surface area contributed by atoms with Crippen molar-refractivity contribution in [3.05, 3.63) is 40.4 Å². The molecule has 1 aliphatic rings. The van der Waals surface area contributed by atoms with Gasteiger partial charge in [-0.2, -0.15) is 0 Å².